The lowest BCUT2D eigenvalue weighted by Crippen LogP contribution is -2.52. The van der Waals surface area contributed by atoms with Crippen LogP contribution in [0.5, 0.6) is 0 Å². The molecular weight excluding hydrogens is 220 g/mol. The van der Waals surface area contributed by atoms with Crippen molar-refractivity contribution in [2.24, 2.45) is 23.0 Å². The average Bonchev–Trinajstić information content (AvgIpc) is 2.73. The van der Waals surface area contributed by atoms with Crippen LogP contribution in [-0.2, 0) is 0 Å². The number of hydrogen-bond acceptors (Lipinski definition) is 2. The lowest BCUT2D eigenvalue weighted by atomic mass is 9.61. The van der Waals surface area contributed by atoms with Crippen LogP contribution in [0.2, 0.25) is 0 Å². The molecule has 0 heterocycles. The van der Waals surface area contributed by atoms with Crippen molar-refractivity contribution in [3.8, 4) is 0 Å². The maximum atomic E-state index is 6.24. The first-order valence-corrected chi connectivity index (χ1v) is 7.86. The summed E-state index contributed by atoms with van der Waals surface area (Å²) in [5, 5.41) is 3.88. The molecule has 2 fully saturated rings. The Bertz CT molecular complexity index is 279. The third kappa shape index (κ3) is 2.75. The molecule has 2 nitrogen and oxygen atoms in total. The molecule has 0 bridgehead atoms. The Morgan fingerprint density at radius 1 is 1.11 bits per heavy atom. The zero-order chi connectivity index (χ0) is 13.4. The van der Waals surface area contributed by atoms with Crippen molar-refractivity contribution in [1.82, 2.24) is 5.32 Å². The van der Waals surface area contributed by atoms with Crippen molar-refractivity contribution in [1.29, 1.82) is 0 Å². The Morgan fingerprint density at radius 3 is 2.33 bits per heavy atom. The smallest absolute Gasteiger partial charge is 0.0153 e. The number of rotatable bonds is 3. The summed E-state index contributed by atoms with van der Waals surface area (Å²) in [6.07, 6.45) is 8.01. The highest BCUT2D eigenvalue weighted by Gasteiger charge is 2.42. The van der Waals surface area contributed by atoms with E-state index in [9.17, 15) is 0 Å². The molecule has 18 heavy (non-hydrogen) atoms. The summed E-state index contributed by atoms with van der Waals surface area (Å²) in [6, 6.07) is 0.401. The highest BCUT2D eigenvalue weighted by Crippen LogP contribution is 2.44. The van der Waals surface area contributed by atoms with Crippen LogP contribution < -0.4 is 11.1 Å². The van der Waals surface area contributed by atoms with Gasteiger partial charge in [-0.2, -0.15) is 0 Å². The van der Waals surface area contributed by atoms with Gasteiger partial charge in [-0.1, -0.05) is 33.6 Å². The SMILES string of the molecule is CC1C(N)CCC(CNC2(C)CCCC2)C1(C)C. The quantitative estimate of drug-likeness (QED) is 0.809. The minimum absolute atomic E-state index is 0.375. The average molecular weight is 252 g/mol. The van der Waals surface area contributed by atoms with E-state index in [-0.39, 0.29) is 0 Å². The Balaban J connectivity index is 1.92. The van der Waals surface area contributed by atoms with Crippen LogP contribution in [0.3, 0.4) is 0 Å². The van der Waals surface area contributed by atoms with Crippen molar-refractivity contribution in [3.05, 3.63) is 0 Å². The van der Waals surface area contributed by atoms with Crippen molar-refractivity contribution in [3.63, 3.8) is 0 Å². The summed E-state index contributed by atoms with van der Waals surface area (Å²) >= 11 is 0. The molecule has 0 aromatic carbocycles. The zero-order valence-electron chi connectivity index (χ0n) is 12.8. The Hall–Kier alpha value is -0.0800. The molecule has 0 aliphatic heterocycles. The van der Waals surface area contributed by atoms with E-state index in [1.807, 2.05) is 0 Å². The molecule has 0 amide bonds. The minimum Gasteiger partial charge on any atom is -0.327 e. The first-order valence-electron chi connectivity index (χ1n) is 7.86. The van der Waals surface area contributed by atoms with E-state index in [0.717, 1.165) is 5.92 Å². The van der Waals surface area contributed by atoms with Gasteiger partial charge in [0.05, 0.1) is 0 Å². The second-order valence-corrected chi connectivity index (χ2v) is 7.70. The Morgan fingerprint density at radius 2 is 1.72 bits per heavy atom. The molecule has 3 atom stereocenters. The monoisotopic (exact) mass is 252 g/mol. The first kappa shape index (κ1) is 14.3. The van der Waals surface area contributed by atoms with Gasteiger partial charge < -0.3 is 11.1 Å². The molecule has 2 rings (SSSR count). The van der Waals surface area contributed by atoms with Crippen molar-refractivity contribution < 1.29 is 0 Å². The van der Waals surface area contributed by atoms with E-state index in [2.05, 4.69) is 33.0 Å². The molecular formula is C16H32N2. The minimum atomic E-state index is 0.375. The highest BCUT2D eigenvalue weighted by atomic mass is 15.0. The van der Waals surface area contributed by atoms with Crippen LogP contribution in [0.15, 0.2) is 0 Å². The Kier molecular flexibility index (Phi) is 4.08. The third-order valence-corrected chi connectivity index (χ3v) is 6.20. The van der Waals surface area contributed by atoms with E-state index in [1.54, 1.807) is 0 Å². The van der Waals surface area contributed by atoms with E-state index >= 15 is 0 Å². The third-order valence-electron chi connectivity index (χ3n) is 6.20. The van der Waals surface area contributed by atoms with E-state index in [0.29, 0.717) is 22.9 Å². The topological polar surface area (TPSA) is 38.0 Å². The van der Waals surface area contributed by atoms with Crippen molar-refractivity contribution in [2.75, 3.05) is 6.54 Å². The van der Waals surface area contributed by atoms with Crippen LogP contribution in [0.4, 0.5) is 0 Å². The summed E-state index contributed by atoms with van der Waals surface area (Å²) in [6.45, 7) is 10.8. The summed E-state index contributed by atoms with van der Waals surface area (Å²) in [5.41, 5.74) is 7.03. The molecule has 3 N–H and O–H groups in total. The van der Waals surface area contributed by atoms with Crippen LogP contribution >= 0.6 is 0 Å². The maximum absolute atomic E-state index is 6.24. The number of hydrogen-bond donors (Lipinski definition) is 2. The molecule has 3 unspecified atom stereocenters. The predicted octanol–water partition coefficient (Wildman–Crippen LogP) is 3.31. The van der Waals surface area contributed by atoms with Gasteiger partial charge in [0.25, 0.3) is 0 Å². The summed E-state index contributed by atoms with van der Waals surface area (Å²) in [7, 11) is 0. The fourth-order valence-corrected chi connectivity index (χ4v) is 4.01. The summed E-state index contributed by atoms with van der Waals surface area (Å²) in [4.78, 5) is 0. The maximum Gasteiger partial charge on any atom is 0.0153 e. The molecule has 2 aliphatic rings. The van der Waals surface area contributed by atoms with E-state index < -0.39 is 0 Å². The predicted molar refractivity (Wildman–Crippen MR) is 78.5 cm³/mol. The van der Waals surface area contributed by atoms with Crippen LogP contribution in [0.25, 0.3) is 0 Å². The van der Waals surface area contributed by atoms with Crippen LogP contribution in [0, 0.1) is 17.3 Å². The fraction of sp³-hybridized carbons (Fsp3) is 1.00. The van der Waals surface area contributed by atoms with Crippen LogP contribution in [0.1, 0.15) is 66.2 Å². The van der Waals surface area contributed by atoms with Gasteiger partial charge in [0.15, 0.2) is 0 Å². The van der Waals surface area contributed by atoms with Gasteiger partial charge in [-0.15, -0.1) is 0 Å². The van der Waals surface area contributed by atoms with E-state index in [1.165, 1.54) is 45.1 Å². The van der Waals surface area contributed by atoms with Gasteiger partial charge in [0.2, 0.25) is 0 Å². The molecule has 0 aromatic rings. The molecule has 2 aliphatic carbocycles. The van der Waals surface area contributed by atoms with Gasteiger partial charge in [0, 0.05) is 11.6 Å². The standard InChI is InChI=1S/C16H32N2/c1-12-14(17)8-7-13(15(12,2)3)11-18-16(4)9-5-6-10-16/h12-14,18H,5-11,17H2,1-4H3. The number of nitrogens with two attached hydrogens (primary N) is 1. The molecule has 0 saturated heterocycles. The molecule has 0 aromatic heterocycles. The molecule has 0 radical (unpaired) electrons. The second kappa shape index (κ2) is 5.13. The van der Waals surface area contributed by atoms with Gasteiger partial charge in [-0.25, -0.2) is 0 Å². The molecule has 2 saturated carbocycles. The van der Waals surface area contributed by atoms with Gasteiger partial charge in [0.1, 0.15) is 0 Å². The van der Waals surface area contributed by atoms with Gasteiger partial charge >= 0.3 is 0 Å². The second-order valence-electron chi connectivity index (χ2n) is 7.70. The summed E-state index contributed by atoms with van der Waals surface area (Å²) < 4.78 is 0. The number of nitrogens with one attached hydrogen (secondary N) is 1. The van der Waals surface area contributed by atoms with Crippen molar-refractivity contribution in [2.45, 2.75) is 77.8 Å². The lowest BCUT2D eigenvalue weighted by Gasteiger charge is -2.48. The van der Waals surface area contributed by atoms with Gasteiger partial charge in [-0.05, 0) is 56.4 Å². The zero-order valence-corrected chi connectivity index (χ0v) is 12.8. The summed E-state index contributed by atoms with van der Waals surface area (Å²) in [5.74, 6) is 1.42. The lowest BCUT2D eigenvalue weighted by molar-refractivity contribution is 0.0492. The van der Waals surface area contributed by atoms with Crippen molar-refractivity contribution >= 4 is 0 Å². The largest absolute Gasteiger partial charge is 0.327 e. The fourth-order valence-electron chi connectivity index (χ4n) is 4.01. The highest BCUT2D eigenvalue weighted by molar-refractivity contribution is 4.96. The Labute approximate surface area is 113 Å². The molecule has 0 spiro atoms. The molecule has 2 heteroatoms. The molecule has 106 valence electrons. The van der Waals surface area contributed by atoms with E-state index in [4.69, 9.17) is 5.73 Å². The van der Waals surface area contributed by atoms with Gasteiger partial charge in [-0.3, -0.25) is 0 Å². The van der Waals surface area contributed by atoms with Crippen LogP contribution in [-0.4, -0.2) is 18.1 Å². The first-order chi connectivity index (χ1) is 8.35. The normalized spacial score (nSPS) is 38.8.